The number of thiazole rings is 1. The molecule has 0 aliphatic carbocycles. The van der Waals surface area contributed by atoms with Gasteiger partial charge in [0.15, 0.2) is 11.6 Å². The smallest absolute Gasteiger partial charge is 0.173 e. The molecule has 0 aliphatic rings. The van der Waals surface area contributed by atoms with E-state index < -0.39 is 17.7 Å². The van der Waals surface area contributed by atoms with Crippen molar-refractivity contribution >= 4 is 27.3 Å². The lowest BCUT2D eigenvalue weighted by molar-refractivity contribution is 0.500. The van der Waals surface area contributed by atoms with Gasteiger partial charge in [0.1, 0.15) is 0 Å². The molecule has 18 heavy (non-hydrogen) atoms. The van der Waals surface area contributed by atoms with Gasteiger partial charge in [0.25, 0.3) is 0 Å². The molecular weight excluding hydrogens is 322 g/mol. The second kappa shape index (κ2) is 5.42. The van der Waals surface area contributed by atoms with Gasteiger partial charge in [-0.3, -0.25) is 0 Å². The Morgan fingerprint density at radius 3 is 2.78 bits per heavy atom. The van der Waals surface area contributed by atoms with Gasteiger partial charge < -0.3 is 5.73 Å². The molecule has 0 aliphatic heterocycles. The van der Waals surface area contributed by atoms with Gasteiger partial charge in [0, 0.05) is 23.5 Å². The van der Waals surface area contributed by atoms with Crippen LogP contribution in [0, 0.1) is 18.6 Å². The summed E-state index contributed by atoms with van der Waals surface area (Å²) in [5.74, 6) is -1.79. The second-order valence-corrected chi connectivity index (χ2v) is 5.69. The molecule has 1 aromatic carbocycles. The van der Waals surface area contributed by atoms with Gasteiger partial charge in [-0.1, -0.05) is 6.07 Å². The average Bonchev–Trinajstić information content (AvgIpc) is 2.71. The standard InChI is InChI=1S/C12H11BrF2N2S/c1-6-5-18-10(17-6)4-9(16)7-2-3-8(14)12(15)11(7)13/h2-3,5,9H,4,16H2,1H3. The first-order valence-electron chi connectivity index (χ1n) is 5.29. The highest BCUT2D eigenvalue weighted by Crippen LogP contribution is 2.29. The molecule has 0 bridgehead atoms. The van der Waals surface area contributed by atoms with Crippen LogP contribution in [-0.2, 0) is 6.42 Å². The summed E-state index contributed by atoms with van der Waals surface area (Å²) in [6, 6.07) is 2.16. The molecule has 6 heteroatoms. The zero-order valence-electron chi connectivity index (χ0n) is 9.58. The first-order valence-corrected chi connectivity index (χ1v) is 6.96. The van der Waals surface area contributed by atoms with Crippen LogP contribution in [0.4, 0.5) is 8.78 Å². The summed E-state index contributed by atoms with van der Waals surface area (Å²) in [4.78, 5) is 4.30. The van der Waals surface area contributed by atoms with E-state index in [2.05, 4.69) is 20.9 Å². The average molecular weight is 333 g/mol. The van der Waals surface area contributed by atoms with Gasteiger partial charge in [0.2, 0.25) is 0 Å². The monoisotopic (exact) mass is 332 g/mol. The Bertz CT molecular complexity index is 571. The summed E-state index contributed by atoms with van der Waals surface area (Å²) in [6.07, 6.45) is 0.502. The van der Waals surface area contributed by atoms with Gasteiger partial charge in [-0.05, 0) is 34.5 Å². The molecule has 1 unspecified atom stereocenters. The van der Waals surface area contributed by atoms with Crippen molar-refractivity contribution in [1.29, 1.82) is 0 Å². The van der Waals surface area contributed by atoms with Crippen molar-refractivity contribution in [3.8, 4) is 0 Å². The number of benzene rings is 1. The molecule has 1 aromatic heterocycles. The SMILES string of the molecule is Cc1csc(CC(N)c2ccc(F)c(F)c2Br)n1. The van der Waals surface area contributed by atoms with Gasteiger partial charge in [-0.25, -0.2) is 13.8 Å². The lowest BCUT2D eigenvalue weighted by atomic mass is 10.0. The number of rotatable bonds is 3. The number of aryl methyl sites for hydroxylation is 1. The maximum atomic E-state index is 13.4. The lowest BCUT2D eigenvalue weighted by Gasteiger charge is -2.13. The van der Waals surface area contributed by atoms with Crippen LogP contribution in [0.1, 0.15) is 22.3 Å². The first kappa shape index (κ1) is 13.6. The third-order valence-corrected chi connectivity index (χ3v) is 4.32. The quantitative estimate of drug-likeness (QED) is 0.869. The Hall–Kier alpha value is -0.850. The number of nitrogens with two attached hydrogens (primary N) is 1. The van der Waals surface area contributed by atoms with Crippen LogP contribution in [0.2, 0.25) is 0 Å². The Morgan fingerprint density at radius 2 is 2.17 bits per heavy atom. The molecule has 2 aromatic rings. The van der Waals surface area contributed by atoms with Crippen molar-refractivity contribution in [2.24, 2.45) is 5.73 Å². The Balaban J connectivity index is 2.24. The van der Waals surface area contributed by atoms with E-state index in [-0.39, 0.29) is 4.47 Å². The summed E-state index contributed by atoms with van der Waals surface area (Å²) < 4.78 is 26.5. The van der Waals surface area contributed by atoms with Crippen molar-refractivity contribution in [1.82, 2.24) is 4.98 Å². The molecule has 2 N–H and O–H groups in total. The minimum Gasteiger partial charge on any atom is -0.324 e. The van der Waals surface area contributed by atoms with E-state index in [1.165, 1.54) is 17.4 Å². The van der Waals surface area contributed by atoms with E-state index in [9.17, 15) is 8.78 Å². The molecule has 0 radical (unpaired) electrons. The molecule has 96 valence electrons. The largest absolute Gasteiger partial charge is 0.324 e. The Kier molecular flexibility index (Phi) is 4.09. The second-order valence-electron chi connectivity index (χ2n) is 3.96. The molecule has 1 heterocycles. The highest BCUT2D eigenvalue weighted by Gasteiger charge is 2.17. The van der Waals surface area contributed by atoms with E-state index in [0.29, 0.717) is 12.0 Å². The van der Waals surface area contributed by atoms with E-state index in [4.69, 9.17) is 5.73 Å². The maximum absolute atomic E-state index is 13.4. The molecule has 0 spiro atoms. The third kappa shape index (κ3) is 2.76. The molecule has 0 saturated carbocycles. The summed E-state index contributed by atoms with van der Waals surface area (Å²) in [5.41, 5.74) is 7.48. The normalized spacial score (nSPS) is 12.7. The molecule has 1 atom stereocenters. The molecule has 0 fully saturated rings. The predicted molar refractivity (Wildman–Crippen MR) is 71.5 cm³/mol. The zero-order chi connectivity index (χ0) is 13.3. The third-order valence-electron chi connectivity index (χ3n) is 2.53. The number of hydrogen-bond donors (Lipinski definition) is 1. The van der Waals surface area contributed by atoms with Crippen LogP contribution in [-0.4, -0.2) is 4.98 Å². The molecule has 2 nitrogen and oxygen atoms in total. The van der Waals surface area contributed by atoms with Gasteiger partial charge in [-0.2, -0.15) is 0 Å². The van der Waals surface area contributed by atoms with E-state index >= 15 is 0 Å². The van der Waals surface area contributed by atoms with Crippen molar-refractivity contribution in [2.75, 3.05) is 0 Å². The number of hydrogen-bond acceptors (Lipinski definition) is 3. The van der Waals surface area contributed by atoms with Crippen LogP contribution in [0.25, 0.3) is 0 Å². The summed E-state index contributed by atoms with van der Waals surface area (Å²) >= 11 is 4.55. The van der Waals surface area contributed by atoms with Gasteiger partial charge >= 0.3 is 0 Å². The number of nitrogens with zero attached hydrogens (tertiary/aromatic N) is 1. The lowest BCUT2D eigenvalue weighted by Crippen LogP contribution is -2.14. The van der Waals surface area contributed by atoms with Crippen LogP contribution in [0.5, 0.6) is 0 Å². The predicted octanol–water partition coefficient (Wildman–Crippen LogP) is 3.73. The molecule has 0 saturated heterocycles. The highest BCUT2D eigenvalue weighted by atomic mass is 79.9. The van der Waals surface area contributed by atoms with Crippen LogP contribution in [0.3, 0.4) is 0 Å². The minimum absolute atomic E-state index is 0.0864. The van der Waals surface area contributed by atoms with Crippen LogP contribution < -0.4 is 5.73 Å². The van der Waals surface area contributed by atoms with Crippen molar-refractivity contribution < 1.29 is 8.78 Å². The minimum atomic E-state index is -0.904. The van der Waals surface area contributed by atoms with Crippen molar-refractivity contribution in [3.05, 3.63) is 49.9 Å². The Labute approximate surface area is 116 Å². The van der Waals surface area contributed by atoms with Gasteiger partial charge in [-0.15, -0.1) is 11.3 Å². The van der Waals surface area contributed by atoms with E-state index in [1.54, 1.807) is 0 Å². The van der Waals surface area contributed by atoms with E-state index in [0.717, 1.165) is 16.8 Å². The van der Waals surface area contributed by atoms with E-state index in [1.807, 2.05) is 12.3 Å². The summed E-state index contributed by atoms with van der Waals surface area (Å²) in [6.45, 7) is 1.90. The fourth-order valence-corrected chi connectivity index (χ4v) is 3.07. The fraction of sp³-hybridized carbons (Fsp3) is 0.250. The van der Waals surface area contributed by atoms with Crippen molar-refractivity contribution in [2.45, 2.75) is 19.4 Å². The summed E-state index contributed by atoms with van der Waals surface area (Å²) in [5, 5.41) is 2.82. The maximum Gasteiger partial charge on any atom is 0.173 e. The molecule has 2 rings (SSSR count). The Morgan fingerprint density at radius 1 is 1.44 bits per heavy atom. The van der Waals surface area contributed by atoms with Crippen LogP contribution in [0.15, 0.2) is 22.0 Å². The van der Waals surface area contributed by atoms with Gasteiger partial charge in [0.05, 0.1) is 9.48 Å². The number of aromatic nitrogens is 1. The molecule has 0 amide bonds. The van der Waals surface area contributed by atoms with Crippen molar-refractivity contribution in [3.63, 3.8) is 0 Å². The first-order chi connectivity index (χ1) is 8.49. The molecular formula is C12H11BrF2N2S. The topological polar surface area (TPSA) is 38.9 Å². The summed E-state index contributed by atoms with van der Waals surface area (Å²) in [7, 11) is 0. The van der Waals surface area contributed by atoms with Crippen LogP contribution >= 0.6 is 27.3 Å². The number of halogens is 3. The highest BCUT2D eigenvalue weighted by molar-refractivity contribution is 9.10. The fourth-order valence-electron chi connectivity index (χ4n) is 1.62. The zero-order valence-corrected chi connectivity index (χ0v) is 12.0.